The molecule has 268 valence electrons. The average Bonchev–Trinajstić information content (AvgIpc) is 3.82. The predicted octanol–water partition coefficient (Wildman–Crippen LogP) is 14.2. The maximum absolute atomic E-state index is 6.70. The third-order valence-electron chi connectivity index (χ3n) is 11.0. The van der Waals surface area contributed by atoms with E-state index in [0.717, 1.165) is 44.4 Å². The summed E-state index contributed by atoms with van der Waals surface area (Å²) in [4.78, 5) is 15.3. The summed E-state index contributed by atoms with van der Waals surface area (Å²) in [6, 6.07) is 55.8. The molecule has 0 N–H and O–H groups in total. The largest absolute Gasteiger partial charge is 0.456 e. The third-order valence-corrected chi connectivity index (χ3v) is 12.2. The van der Waals surface area contributed by atoms with Crippen LogP contribution in [0.4, 0.5) is 0 Å². The molecule has 0 saturated heterocycles. The quantitative estimate of drug-likeness (QED) is 0.120. The van der Waals surface area contributed by atoms with Gasteiger partial charge in [-0.1, -0.05) is 152 Å². The zero-order valence-corrected chi connectivity index (χ0v) is 31.6. The lowest BCUT2D eigenvalue weighted by Crippen LogP contribution is -2.04. The number of hydrogen-bond acceptors (Lipinski definition) is 5. The minimum atomic E-state index is 0.451. The van der Waals surface area contributed by atoms with Gasteiger partial charge in [0.05, 0.1) is 0 Å². The van der Waals surface area contributed by atoms with Gasteiger partial charge in [0.2, 0.25) is 0 Å². The lowest BCUT2D eigenvalue weighted by molar-refractivity contribution is 0.599. The number of aromatic nitrogens is 3. The van der Waals surface area contributed by atoms with Gasteiger partial charge in [-0.25, -0.2) is 15.0 Å². The highest BCUT2D eigenvalue weighted by atomic mass is 32.1. The Morgan fingerprint density at radius 3 is 2.07 bits per heavy atom. The lowest BCUT2D eigenvalue weighted by Gasteiger charge is -2.10. The highest BCUT2D eigenvalue weighted by Gasteiger charge is 2.20. The van der Waals surface area contributed by atoms with E-state index in [1.807, 2.05) is 53.8 Å². The maximum Gasteiger partial charge on any atom is 0.163 e. The number of allylic oxidation sites excluding steroid dienone is 2. The van der Waals surface area contributed by atoms with Crippen molar-refractivity contribution in [2.75, 3.05) is 0 Å². The van der Waals surface area contributed by atoms with Gasteiger partial charge in [-0.05, 0) is 68.4 Å². The number of fused-ring (bicyclic) bond motifs is 9. The number of nitrogens with zero attached hydrogens (tertiary/aromatic N) is 3. The van der Waals surface area contributed by atoms with Crippen molar-refractivity contribution in [3.8, 4) is 33.9 Å². The molecule has 5 heteroatoms. The first-order valence-corrected chi connectivity index (χ1v) is 19.9. The lowest BCUT2D eigenvalue weighted by atomic mass is 9.94. The molecule has 8 aromatic carbocycles. The van der Waals surface area contributed by atoms with E-state index >= 15 is 0 Å². The molecule has 0 saturated carbocycles. The molecule has 11 aromatic rings. The molecule has 0 radical (unpaired) electrons. The average molecular weight is 748 g/mol. The van der Waals surface area contributed by atoms with E-state index in [9.17, 15) is 0 Å². The first-order chi connectivity index (χ1) is 28.2. The van der Waals surface area contributed by atoms with E-state index in [-0.39, 0.29) is 0 Å². The number of benzene rings is 8. The van der Waals surface area contributed by atoms with Crippen molar-refractivity contribution < 1.29 is 4.42 Å². The predicted molar refractivity (Wildman–Crippen MR) is 240 cm³/mol. The van der Waals surface area contributed by atoms with Crippen LogP contribution in [0.2, 0.25) is 0 Å². The van der Waals surface area contributed by atoms with Crippen LogP contribution in [0.5, 0.6) is 0 Å². The highest BCUT2D eigenvalue weighted by Crippen LogP contribution is 2.43. The van der Waals surface area contributed by atoms with Crippen molar-refractivity contribution in [1.82, 2.24) is 15.0 Å². The molecule has 4 nitrogen and oxygen atoms in total. The summed E-state index contributed by atoms with van der Waals surface area (Å²) in [6.45, 7) is 3.94. The van der Waals surface area contributed by atoms with Crippen molar-refractivity contribution >= 4 is 80.9 Å². The zero-order chi connectivity index (χ0) is 37.9. The van der Waals surface area contributed by atoms with Gasteiger partial charge in [-0.2, -0.15) is 0 Å². The molecule has 0 fully saturated rings. The molecule has 3 heterocycles. The molecule has 0 aliphatic rings. The Morgan fingerprint density at radius 2 is 1.21 bits per heavy atom. The fourth-order valence-electron chi connectivity index (χ4n) is 8.25. The summed E-state index contributed by atoms with van der Waals surface area (Å²) in [5, 5.41) is 10.9. The molecule has 0 amide bonds. The Hall–Kier alpha value is -7.21. The van der Waals surface area contributed by atoms with Crippen molar-refractivity contribution in [3.63, 3.8) is 0 Å². The summed E-state index contributed by atoms with van der Waals surface area (Å²) >= 11 is 1.86. The van der Waals surface area contributed by atoms with E-state index in [1.54, 1.807) is 6.08 Å². The van der Waals surface area contributed by atoms with Crippen LogP contribution in [0.25, 0.3) is 103 Å². The Balaban J connectivity index is 1.05. The minimum Gasteiger partial charge on any atom is -0.456 e. The topological polar surface area (TPSA) is 51.8 Å². The van der Waals surface area contributed by atoms with Crippen LogP contribution in [0, 0.1) is 0 Å². The fourth-order valence-corrected chi connectivity index (χ4v) is 9.47. The maximum atomic E-state index is 6.70. The van der Waals surface area contributed by atoms with E-state index in [0.29, 0.717) is 23.9 Å². The van der Waals surface area contributed by atoms with Crippen LogP contribution >= 0.6 is 11.3 Å². The Bertz CT molecular complexity index is 3410. The normalized spacial score (nSPS) is 11.9. The Morgan fingerprint density at radius 1 is 0.526 bits per heavy atom. The van der Waals surface area contributed by atoms with E-state index < -0.39 is 0 Å². The van der Waals surface area contributed by atoms with Gasteiger partial charge < -0.3 is 4.42 Å². The molecular weight excluding hydrogens is 715 g/mol. The van der Waals surface area contributed by atoms with Gasteiger partial charge >= 0.3 is 0 Å². The smallest absolute Gasteiger partial charge is 0.163 e. The first kappa shape index (κ1) is 33.2. The van der Waals surface area contributed by atoms with Crippen LogP contribution in [0.1, 0.15) is 17.1 Å². The second-order valence-electron chi connectivity index (χ2n) is 14.4. The zero-order valence-electron chi connectivity index (χ0n) is 30.8. The highest BCUT2D eigenvalue weighted by molar-refractivity contribution is 7.26. The number of rotatable bonds is 7. The second kappa shape index (κ2) is 13.5. The van der Waals surface area contributed by atoms with Crippen molar-refractivity contribution in [2.24, 2.45) is 0 Å². The van der Waals surface area contributed by atoms with Crippen LogP contribution in [-0.2, 0) is 6.42 Å². The third kappa shape index (κ3) is 5.71. The van der Waals surface area contributed by atoms with Crippen LogP contribution in [-0.4, -0.2) is 15.0 Å². The van der Waals surface area contributed by atoms with Gasteiger partial charge in [0.15, 0.2) is 11.6 Å². The van der Waals surface area contributed by atoms with E-state index in [2.05, 4.69) is 134 Å². The van der Waals surface area contributed by atoms with Crippen LogP contribution in [0.15, 0.2) is 181 Å². The van der Waals surface area contributed by atoms with Gasteiger partial charge in [-0.3, -0.25) is 0 Å². The molecule has 0 aliphatic carbocycles. The van der Waals surface area contributed by atoms with Gasteiger partial charge in [0.1, 0.15) is 17.2 Å². The fraction of sp³-hybridized carbons (Fsp3) is 0.0192. The second-order valence-corrected chi connectivity index (χ2v) is 15.4. The summed E-state index contributed by atoms with van der Waals surface area (Å²) in [5.74, 6) is 2.69. The minimum absolute atomic E-state index is 0.451. The molecule has 3 aromatic heterocycles. The first-order valence-electron chi connectivity index (χ1n) is 19.1. The number of thiophene rings is 1. The summed E-state index contributed by atoms with van der Waals surface area (Å²) < 4.78 is 9.31. The van der Waals surface area contributed by atoms with Crippen molar-refractivity contribution in [3.05, 3.63) is 194 Å². The SMILES string of the molecule is C=C/C=C\c1oc2cc(-c3cc4c5ccccc5sc4c4ccccc34)ccc2c1Cc1nc(-c2ccccc2)nc(-c2ccc3c(ccc4ccccc43)c2)n1. The molecule has 0 atom stereocenters. The monoisotopic (exact) mass is 747 g/mol. The van der Waals surface area contributed by atoms with Gasteiger partial charge in [-0.15, -0.1) is 11.3 Å². The van der Waals surface area contributed by atoms with E-state index in [1.165, 1.54) is 52.7 Å². The van der Waals surface area contributed by atoms with Gasteiger partial charge in [0.25, 0.3) is 0 Å². The summed E-state index contributed by atoms with van der Waals surface area (Å²) in [7, 11) is 0. The Labute approximate surface area is 332 Å². The molecule has 11 rings (SSSR count). The molecule has 0 bridgehead atoms. The van der Waals surface area contributed by atoms with Crippen LogP contribution < -0.4 is 0 Å². The molecule has 0 spiro atoms. The number of hydrogen-bond donors (Lipinski definition) is 0. The molecular formula is C52H33N3OS. The standard InChI is InChI=1S/C52H33N3OS/c1-2-3-20-46-44(40-27-24-35(29-47(40)56-46)43-30-45-41-18-11-12-21-48(41)57-50(45)42-19-10-9-17-39(42)43)31-49-53-51(33-14-5-4-6-15-33)55-52(54-49)36-25-26-38-34(28-36)23-22-32-13-7-8-16-37(32)38/h2-30H,1,31H2/b20-3-. The summed E-state index contributed by atoms with van der Waals surface area (Å²) in [6.07, 6.45) is 6.12. The van der Waals surface area contributed by atoms with E-state index in [4.69, 9.17) is 19.4 Å². The van der Waals surface area contributed by atoms with Crippen molar-refractivity contribution in [1.29, 1.82) is 0 Å². The molecule has 57 heavy (non-hydrogen) atoms. The Kier molecular flexibility index (Phi) is 7.86. The van der Waals surface area contributed by atoms with Crippen molar-refractivity contribution in [2.45, 2.75) is 6.42 Å². The number of furan rings is 1. The summed E-state index contributed by atoms with van der Waals surface area (Å²) in [5.41, 5.74) is 5.99. The molecule has 0 unspecified atom stereocenters. The van der Waals surface area contributed by atoms with Crippen LogP contribution in [0.3, 0.4) is 0 Å². The van der Waals surface area contributed by atoms with Gasteiger partial charge in [0, 0.05) is 54.1 Å². The molecule has 0 aliphatic heterocycles.